The lowest BCUT2D eigenvalue weighted by atomic mass is 10.1. The smallest absolute Gasteiger partial charge is 0.272 e. The third-order valence-corrected chi connectivity index (χ3v) is 4.58. The maximum absolute atomic E-state index is 12.7. The van der Waals surface area contributed by atoms with Crippen LogP contribution in [0.15, 0.2) is 42.6 Å². The highest BCUT2D eigenvalue weighted by Gasteiger charge is 2.21. The molecule has 0 aliphatic carbocycles. The molecule has 1 aromatic heterocycles. The summed E-state index contributed by atoms with van der Waals surface area (Å²) in [6, 6.07) is 12.2. The van der Waals surface area contributed by atoms with E-state index in [4.69, 9.17) is 0 Å². The zero-order valence-electron chi connectivity index (χ0n) is 15.1. The third-order valence-electron chi connectivity index (χ3n) is 4.58. The standard InChI is InChI=1S/C20H26N4O/c1-16(2)24(15-17-9-5-3-6-10-17)20-21-12-11-18(22-20)19(25)23-13-7-4-8-14-23/h3,5-6,9-12,16H,4,7-8,13-15H2,1-2H3. The van der Waals surface area contributed by atoms with Crippen molar-refractivity contribution in [3.63, 3.8) is 0 Å². The van der Waals surface area contributed by atoms with Crippen LogP contribution in [0.3, 0.4) is 0 Å². The van der Waals surface area contributed by atoms with Gasteiger partial charge in [-0.25, -0.2) is 9.97 Å². The SMILES string of the molecule is CC(C)N(Cc1ccccc1)c1nccc(C(=O)N2CCCCC2)n1. The monoisotopic (exact) mass is 338 g/mol. The summed E-state index contributed by atoms with van der Waals surface area (Å²) in [5, 5.41) is 0. The minimum Gasteiger partial charge on any atom is -0.337 e. The van der Waals surface area contributed by atoms with E-state index >= 15 is 0 Å². The summed E-state index contributed by atoms with van der Waals surface area (Å²) in [5.41, 5.74) is 1.69. The third kappa shape index (κ3) is 4.35. The molecule has 1 aliphatic rings. The molecule has 1 aliphatic heterocycles. The molecule has 5 nitrogen and oxygen atoms in total. The fraction of sp³-hybridized carbons (Fsp3) is 0.450. The van der Waals surface area contributed by atoms with Gasteiger partial charge in [-0.15, -0.1) is 0 Å². The van der Waals surface area contributed by atoms with Gasteiger partial charge in [0.1, 0.15) is 5.69 Å². The normalized spacial score (nSPS) is 14.6. The second kappa shape index (κ2) is 8.10. The molecule has 25 heavy (non-hydrogen) atoms. The number of benzene rings is 1. The van der Waals surface area contributed by atoms with Gasteiger partial charge < -0.3 is 9.80 Å². The molecule has 1 saturated heterocycles. The Balaban J connectivity index is 1.81. The first-order valence-electron chi connectivity index (χ1n) is 9.08. The lowest BCUT2D eigenvalue weighted by molar-refractivity contribution is 0.0718. The first-order valence-corrected chi connectivity index (χ1v) is 9.08. The molecule has 0 bridgehead atoms. The van der Waals surface area contributed by atoms with Gasteiger partial charge in [0.2, 0.25) is 5.95 Å². The first kappa shape index (κ1) is 17.4. The topological polar surface area (TPSA) is 49.3 Å². The number of rotatable bonds is 5. The molecule has 1 aromatic carbocycles. The molecular formula is C20H26N4O. The summed E-state index contributed by atoms with van der Waals surface area (Å²) in [7, 11) is 0. The Kier molecular flexibility index (Phi) is 5.64. The molecule has 0 unspecified atom stereocenters. The number of amides is 1. The highest BCUT2D eigenvalue weighted by atomic mass is 16.2. The second-order valence-corrected chi connectivity index (χ2v) is 6.80. The molecule has 0 spiro atoms. The van der Waals surface area contributed by atoms with Crippen molar-refractivity contribution >= 4 is 11.9 Å². The molecule has 1 fully saturated rings. The Bertz CT molecular complexity index is 696. The maximum Gasteiger partial charge on any atom is 0.272 e. The molecule has 2 aromatic rings. The van der Waals surface area contributed by atoms with Crippen molar-refractivity contribution in [1.29, 1.82) is 0 Å². The van der Waals surface area contributed by atoms with Crippen LogP contribution < -0.4 is 4.90 Å². The Morgan fingerprint density at radius 1 is 1.12 bits per heavy atom. The van der Waals surface area contributed by atoms with Crippen molar-refractivity contribution in [3.05, 3.63) is 53.9 Å². The quantitative estimate of drug-likeness (QED) is 0.837. The van der Waals surface area contributed by atoms with Gasteiger partial charge in [-0.3, -0.25) is 4.79 Å². The lowest BCUT2D eigenvalue weighted by Gasteiger charge is -2.28. The summed E-state index contributed by atoms with van der Waals surface area (Å²) < 4.78 is 0. The molecule has 0 saturated carbocycles. The van der Waals surface area contributed by atoms with E-state index in [0.717, 1.165) is 32.5 Å². The van der Waals surface area contributed by atoms with E-state index in [1.807, 2.05) is 23.1 Å². The van der Waals surface area contributed by atoms with E-state index in [1.54, 1.807) is 12.3 Å². The highest BCUT2D eigenvalue weighted by molar-refractivity contribution is 5.92. The Morgan fingerprint density at radius 2 is 1.84 bits per heavy atom. The van der Waals surface area contributed by atoms with Gasteiger partial charge in [-0.2, -0.15) is 0 Å². The predicted octanol–water partition coefficient (Wildman–Crippen LogP) is 3.52. The minimum atomic E-state index is 0.0202. The predicted molar refractivity (Wildman–Crippen MR) is 99.5 cm³/mol. The molecule has 0 atom stereocenters. The van der Waals surface area contributed by atoms with Crippen LogP contribution in [0.1, 0.15) is 49.2 Å². The average molecular weight is 338 g/mol. The first-order chi connectivity index (χ1) is 12.1. The summed E-state index contributed by atoms with van der Waals surface area (Å²) in [5.74, 6) is 0.633. The van der Waals surface area contributed by atoms with E-state index in [0.29, 0.717) is 11.6 Å². The molecule has 2 heterocycles. The van der Waals surface area contributed by atoms with Crippen LogP contribution in [0, 0.1) is 0 Å². The molecule has 5 heteroatoms. The van der Waals surface area contributed by atoms with Gasteiger partial charge in [-0.1, -0.05) is 30.3 Å². The van der Waals surface area contributed by atoms with Crippen LogP contribution in [0.25, 0.3) is 0 Å². The average Bonchev–Trinajstić information content (AvgIpc) is 2.67. The van der Waals surface area contributed by atoms with Crippen molar-refractivity contribution in [2.75, 3.05) is 18.0 Å². The van der Waals surface area contributed by atoms with Crippen LogP contribution in [-0.2, 0) is 6.54 Å². The molecule has 132 valence electrons. The summed E-state index contributed by atoms with van der Waals surface area (Å²) in [6.07, 6.45) is 5.06. The van der Waals surface area contributed by atoms with Crippen molar-refractivity contribution in [1.82, 2.24) is 14.9 Å². The highest BCUT2D eigenvalue weighted by Crippen LogP contribution is 2.18. The molecule has 0 radical (unpaired) electrons. The van der Waals surface area contributed by atoms with Crippen molar-refractivity contribution in [2.24, 2.45) is 0 Å². The zero-order valence-corrected chi connectivity index (χ0v) is 15.1. The molecular weight excluding hydrogens is 312 g/mol. The van der Waals surface area contributed by atoms with E-state index in [2.05, 4.69) is 40.8 Å². The minimum absolute atomic E-state index is 0.0202. The number of anilines is 1. The number of carbonyl (C=O) groups is 1. The van der Waals surface area contributed by atoms with E-state index in [1.165, 1.54) is 12.0 Å². The van der Waals surface area contributed by atoms with Gasteiger partial charge in [0.15, 0.2) is 0 Å². The zero-order chi connectivity index (χ0) is 17.6. The van der Waals surface area contributed by atoms with Gasteiger partial charge in [-0.05, 0) is 44.7 Å². The fourth-order valence-electron chi connectivity index (χ4n) is 3.13. The number of hydrogen-bond acceptors (Lipinski definition) is 4. The molecule has 0 N–H and O–H groups in total. The van der Waals surface area contributed by atoms with Crippen LogP contribution in [-0.4, -0.2) is 39.9 Å². The van der Waals surface area contributed by atoms with Gasteiger partial charge >= 0.3 is 0 Å². The number of hydrogen-bond donors (Lipinski definition) is 0. The number of aromatic nitrogens is 2. The van der Waals surface area contributed by atoms with Gasteiger partial charge in [0.25, 0.3) is 5.91 Å². The Morgan fingerprint density at radius 3 is 2.52 bits per heavy atom. The van der Waals surface area contributed by atoms with Crippen LogP contribution in [0.5, 0.6) is 0 Å². The second-order valence-electron chi connectivity index (χ2n) is 6.80. The van der Waals surface area contributed by atoms with Crippen molar-refractivity contribution in [2.45, 2.75) is 45.7 Å². The summed E-state index contributed by atoms with van der Waals surface area (Å²) in [6.45, 7) is 6.61. The Hall–Kier alpha value is -2.43. The van der Waals surface area contributed by atoms with Crippen LogP contribution in [0.2, 0.25) is 0 Å². The molecule has 1 amide bonds. The van der Waals surface area contributed by atoms with Crippen molar-refractivity contribution in [3.8, 4) is 0 Å². The number of piperidine rings is 1. The Labute approximate surface area is 149 Å². The lowest BCUT2D eigenvalue weighted by Crippen LogP contribution is -2.37. The van der Waals surface area contributed by atoms with Crippen LogP contribution in [0.4, 0.5) is 5.95 Å². The van der Waals surface area contributed by atoms with Crippen LogP contribution >= 0.6 is 0 Å². The number of nitrogens with zero attached hydrogens (tertiary/aromatic N) is 4. The van der Waals surface area contributed by atoms with Crippen molar-refractivity contribution < 1.29 is 4.79 Å². The maximum atomic E-state index is 12.7. The molecule has 3 rings (SSSR count). The van der Waals surface area contributed by atoms with E-state index < -0.39 is 0 Å². The summed E-state index contributed by atoms with van der Waals surface area (Å²) in [4.78, 5) is 25.8. The fourth-order valence-corrected chi connectivity index (χ4v) is 3.13. The summed E-state index contributed by atoms with van der Waals surface area (Å²) >= 11 is 0. The largest absolute Gasteiger partial charge is 0.337 e. The van der Waals surface area contributed by atoms with Gasteiger partial charge in [0.05, 0.1) is 0 Å². The number of carbonyl (C=O) groups excluding carboxylic acids is 1. The van der Waals surface area contributed by atoms with E-state index in [-0.39, 0.29) is 11.9 Å². The van der Waals surface area contributed by atoms with E-state index in [9.17, 15) is 4.79 Å². The number of likely N-dealkylation sites (tertiary alicyclic amines) is 1. The van der Waals surface area contributed by atoms with Gasteiger partial charge in [0, 0.05) is 31.9 Å².